The number of anilines is 2. The van der Waals surface area contributed by atoms with E-state index in [-0.39, 0.29) is 0 Å². The summed E-state index contributed by atoms with van der Waals surface area (Å²) in [5, 5.41) is 3.65. The van der Waals surface area contributed by atoms with Crippen molar-refractivity contribution in [3.63, 3.8) is 0 Å². The lowest BCUT2D eigenvalue weighted by Crippen LogP contribution is -2.55. The zero-order chi connectivity index (χ0) is 11.9. The third-order valence-corrected chi connectivity index (χ3v) is 4.68. The van der Waals surface area contributed by atoms with Crippen molar-refractivity contribution >= 4 is 11.4 Å². The van der Waals surface area contributed by atoms with Gasteiger partial charge in [0.25, 0.3) is 0 Å². The Morgan fingerprint density at radius 2 is 1.94 bits per heavy atom. The molecule has 0 saturated heterocycles. The van der Waals surface area contributed by atoms with E-state index in [1.165, 1.54) is 49.0 Å². The number of benzene rings is 1. The smallest absolute Gasteiger partial charge is 0.0634 e. The molecule has 1 saturated carbocycles. The first-order valence-electron chi connectivity index (χ1n) is 6.80. The van der Waals surface area contributed by atoms with Crippen LogP contribution in [0.5, 0.6) is 0 Å². The zero-order valence-corrected chi connectivity index (χ0v) is 10.9. The lowest BCUT2D eigenvalue weighted by atomic mass is 9.78. The Balaban J connectivity index is 2.01. The Kier molecular flexibility index (Phi) is 2.53. The number of aryl methyl sites for hydroxylation is 1. The lowest BCUT2D eigenvalue weighted by molar-refractivity contribution is 0.294. The maximum Gasteiger partial charge on any atom is 0.0634 e. The molecule has 17 heavy (non-hydrogen) atoms. The van der Waals surface area contributed by atoms with Gasteiger partial charge in [0.05, 0.1) is 16.9 Å². The summed E-state index contributed by atoms with van der Waals surface area (Å²) >= 11 is 0. The molecule has 1 aliphatic heterocycles. The van der Waals surface area contributed by atoms with E-state index in [0.29, 0.717) is 5.54 Å². The second-order valence-corrected chi connectivity index (χ2v) is 5.67. The first-order chi connectivity index (χ1) is 8.23. The van der Waals surface area contributed by atoms with Crippen molar-refractivity contribution in [1.82, 2.24) is 0 Å². The van der Waals surface area contributed by atoms with Gasteiger partial charge in [-0.3, -0.25) is 0 Å². The number of fused-ring (bicyclic) bond motifs is 1. The summed E-state index contributed by atoms with van der Waals surface area (Å²) < 4.78 is 0. The Morgan fingerprint density at radius 3 is 2.71 bits per heavy atom. The highest BCUT2D eigenvalue weighted by molar-refractivity contribution is 5.76. The van der Waals surface area contributed by atoms with Gasteiger partial charge in [0.1, 0.15) is 0 Å². The van der Waals surface area contributed by atoms with Crippen LogP contribution in [0.15, 0.2) is 18.2 Å². The van der Waals surface area contributed by atoms with Gasteiger partial charge in [0.2, 0.25) is 0 Å². The maximum atomic E-state index is 3.65. The molecule has 1 aromatic carbocycles. The summed E-state index contributed by atoms with van der Waals surface area (Å²) in [6.45, 7) is 3.33. The topological polar surface area (TPSA) is 15.3 Å². The minimum atomic E-state index is 0.372. The largest absolute Gasteiger partial charge is 0.381 e. The highest BCUT2D eigenvalue weighted by atomic mass is 15.2. The van der Waals surface area contributed by atoms with E-state index in [1.54, 1.807) is 0 Å². The predicted molar refractivity (Wildman–Crippen MR) is 73.9 cm³/mol. The molecule has 1 aliphatic carbocycles. The quantitative estimate of drug-likeness (QED) is 0.733. The van der Waals surface area contributed by atoms with Gasteiger partial charge in [-0.1, -0.05) is 31.4 Å². The van der Waals surface area contributed by atoms with Crippen LogP contribution in [0.4, 0.5) is 11.4 Å². The number of likely N-dealkylation sites (N-methyl/N-ethyl adjacent to an activating group) is 1. The maximum absolute atomic E-state index is 3.65. The van der Waals surface area contributed by atoms with Crippen molar-refractivity contribution in [2.45, 2.75) is 44.6 Å². The summed E-state index contributed by atoms with van der Waals surface area (Å²) in [4.78, 5) is 2.56. The number of hydrogen-bond acceptors (Lipinski definition) is 2. The Labute approximate surface area is 104 Å². The molecule has 92 valence electrons. The normalized spacial score (nSPS) is 22.1. The molecule has 1 aromatic rings. The SMILES string of the molecule is Cc1cccc2c1N(C)C1(CCCCC1)CN2. The molecule has 1 spiro atoms. The molecule has 1 fully saturated rings. The van der Waals surface area contributed by atoms with Crippen LogP contribution >= 0.6 is 0 Å². The van der Waals surface area contributed by atoms with Crippen LogP contribution in [0.1, 0.15) is 37.7 Å². The third kappa shape index (κ3) is 1.62. The molecule has 2 aliphatic rings. The molecule has 3 rings (SSSR count). The molecule has 0 bridgehead atoms. The van der Waals surface area contributed by atoms with Gasteiger partial charge in [-0.05, 0) is 31.4 Å². The van der Waals surface area contributed by atoms with E-state index in [4.69, 9.17) is 0 Å². The fourth-order valence-electron chi connectivity index (χ4n) is 3.58. The van der Waals surface area contributed by atoms with Crippen molar-refractivity contribution in [3.05, 3.63) is 23.8 Å². The van der Waals surface area contributed by atoms with E-state index in [1.807, 2.05) is 0 Å². The van der Waals surface area contributed by atoms with Crippen LogP contribution in [-0.2, 0) is 0 Å². The van der Waals surface area contributed by atoms with Crippen molar-refractivity contribution in [2.24, 2.45) is 0 Å². The molecule has 1 N–H and O–H groups in total. The number of nitrogens with zero attached hydrogens (tertiary/aromatic N) is 1. The first-order valence-corrected chi connectivity index (χ1v) is 6.80. The summed E-state index contributed by atoms with van der Waals surface area (Å²) in [5.41, 5.74) is 4.49. The number of hydrogen-bond donors (Lipinski definition) is 1. The minimum absolute atomic E-state index is 0.372. The summed E-state index contributed by atoms with van der Waals surface area (Å²) in [5.74, 6) is 0. The van der Waals surface area contributed by atoms with Gasteiger partial charge >= 0.3 is 0 Å². The van der Waals surface area contributed by atoms with Crippen molar-refractivity contribution < 1.29 is 0 Å². The van der Waals surface area contributed by atoms with Gasteiger partial charge in [-0.15, -0.1) is 0 Å². The van der Waals surface area contributed by atoms with Crippen molar-refractivity contribution in [3.8, 4) is 0 Å². The standard InChI is InChI=1S/C15H22N2/c1-12-7-6-8-13-14(12)17(2)15(11-16-13)9-4-3-5-10-15/h6-8,16H,3-5,9-11H2,1-2H3. The number of rotatable bonds is 0. The predicted octanol–water partition coefficient (Wildman–Crippen LogP) is 3.56. The van der Waals surface area contributed by atoms with Crippen LogP contribution in [-0.4, -0.2) is 19.1 Å². The molecule has 0 atom stereocenters. The second kappa shape index (κ2) is 3.94. The van der Waals surface area contributed by atoms with E-state index < -0.39 is 0 Å². The van der Waals surface area contributed by atoms with Gasteiger partial charge in [0.15, 0.2) is 0 Å². The molecule has 2 heteroatoms. The average molecular weight is 230 g/mol. The van der Waals surface area contributed by atoms with Crippen molar-refractivity contribution in [1.29, 1.82) is 0 Å². The minimum Gasteiger partial charge on any atom is -0.381 e. The Hall–Kier alpha value is -1.18. The first kappa shape index (κ1) is 10.9. The number of para-hydroxylation sites is 1. The van der Waals surface area contributed by atoms with Crippen LogP contribution < -0.4 is 10.2 Å². The van der Waals surface area contributed by atoms with Gasteiger partial charge in [-0.25, -0.2) is 0 Å². The molecule has 0 aromatic heterocycles. The Morgan fingerprint density at radius 1 is 1.18 bits per heavy atom. The van der Waals surface area contributed by atoms with E-state index >= 15 is 0 Å². The molecular formula is C15H22N2. The summed E-state index contributed by atoms with van der Waals surface area (Å²) in [6, 6.07) is 6.57. The van der Waals surface area contributed by atoms with Gasteiger partial charge in [0, 0.05) is 13.6 Å². The van der Waals surface area contributed by atoms with Gasteiger partial charge < -0.3 is 10.2 Å². The fraction of sp³-hybridized carbons (Fsp3) is 0.600. The molecular weight excluding hydrogens is 208 g/mol. The number of nitrogens with one attached hydrogen (secondary N) is 1. The zero-order valence-electron chi connectivity index (χ0n) is 10.9. The third-order valence-electron chi connectivity index (χ3n) is 4.68. The highest BCUT2D eigenvalue weighted by Gasteiger charge is 2.39. The van der Waals surface area contributed by atoms with Crippen LogP contribution in [0.2, 0.25) is 0 Å². The van der Waals surface area contributed by atoms with E-state index in [2.05, 4.69) is 42.4 Å². The molecule has 1 heterocycles. The van der Waals surface area contributed by atoms with Gasteiger partial charge in [-0.2, -0.15) is 0 Å². The van der Waals surface area contributed by atoms with Crippen molar-refractivity contribution in [2.75, 3.05) is 23.8 Å². The van der Waals surface area contributed by atoms with Crippen LogP contribution in [0, 0.1) is 6.92 Å². The lowest BCUT2D eigenvalue weighted by Gasteiger charge is -2.50. The monoisotopic (exact) mass is 230 g/mol. The second-order valence-electron chi connectivity index (χ2n) is 5.67. The fourth-order valence-corrected chi connectivity index (χ4v) is 3.58. The Bertz CT molecular complexity index is 419. The van der Waals surface area contributed by atoms with E-state index in [0.717, 1.165) is 6.54 Å². The summed E-state index contributed by atoms with van der Waals surface area (Å²) in [7, 11) is 2.29. The molecule has 2 nitrogen and oxygen atoms in total. The summed E-state index contributed by atoms with van der Waals surface area (Å²) in [6.07, 6.45) is 6.85. The molecule has 0 unspecified atom stereocenters. The van der Waals surface area contributed by atoms with Crippen LogP contribution in [0.3, 0.4) is 0 Å². The van der Waals surface area contributed by atoms with E-state index in [9.17, 15) is 0 Å². The van der Waals surface area contributed by atoms with Crippen LogP contribution in [0.25, 0.3) is 0 Å². The highest BCUT2D eigenvalue weighted by Crippen LogP contribution is 2.43. The molecule has 0 radical (unpaired) electrons. The average Bonchev–Trinajstić information content (AvgIpc) is 2.36. The molecule has 0 amide bonds.